The van der Waals surface area contributed by atoms with Gasteiger partial charge in [0.1, 0.15) is 12.0 Å². The molecule has 0 amide bonds. The average molecular weight is 404 g/mol. The number of fused-ring (bicyclic) bond motifs is 1. The highest BCUT2D eigenvalue weighted by atomic mass is 16.3. The highest BCUT2D eigenvalue weighted by molar-refractivity contribution is 5.65. The molecular weight excluding hydrogens is 380 g/mol. The van der Waals surface area contributed by atoms with Crippen molar-refractivity contribution in [3.63, 3.8) is 0 Å². The summed E-state index contributed by atoms with van der Waals surface area (Å²) < 4.78 is 6.98. The van der Waals surface area contributed by atoms with E-state index in [4.69, 9.17) is 20.9 Å². The van der Waals surface area contributed by atoms with Gasteiger partial charge >= 0.3 is 0 Å². The minimum absolute atomic E-state index is 0.264. The van der Waals surface area contributed by atoms with Crippen molar-refractivity contribution in [1.82, 2.24) is 29.5 Å². The van der Waals surface area contributed by atoms with Crippen molar-refractivity contribution in [3.05, 3.63) is 53.4 Å². The van der Waals surface area contributed by atoms with Gasteiger partial charge in [-0.15, -0.1) is 5.10 Å². The van der Waals surface area contributed by atoms with Gasteiger partial charge < -0.3 is 15.9 Å². The summed E-state index contributed by atoms with van der Waals surface area (Å²) in [6.45, 7) is 5.88. The highest BCUT2D eigenvalue weighted by Gasteiger charge is 2.35. The number of rotatable bonds is 4. The molecule has 0 radical (unpaired) electrons. The average Bonchev–Trinajstić information content (AvgIpc) is 3.34. The summed E-state index contributed by atoms with van der Waals surface area (Å²) in [4.78, 5) is 18.0. The molecule has 0 bridgehead atoms. The number of hydrogen-bond acceptors (Lipinski definition) is 8. The lowest BCUT2D eigenvalue weighted by molar-refractivity contribution is 0.332. The van der Waals surface area contributed by atoms with Gasteiger partial charge in [-0.05, 0) is 45.2 Å². The largest absolute Gasteiger partial charge is 0.443 e. The van der Waals surface area contributed by atoms with E-state index < -0.39 is 0 Å². The molecular formula is C21H24N8O. The van der Waals surface area contributed by atoms with E-state index in [2.05, 4.69) is 32.2 Å². The summed E-state index contributed by atoms with van der Waals surface area (Å²) in [6, 6.07) is 4.15. The number of oxazole rings is 1. The lowest BCUT2D eigenvalue weighted by atomic mass is 9.72. The molecule has 1 aliphatic carbocycles. The first kappa shape index (κ1) is 18.7. The summed E-state index contributed by atoms with van der Waals surface area (Å²) in [5.41, 5.74) is 16.1. The van der Waals surface area contributed by atoms with Crippen LogP contribution in [-0.4, -0.2) is 29.5 Å². The van der Waals surface area contributed by atoms with Crippen LogP contribution < -0.4 is 11.5 Å². The zero-order chi connectivity index (χ0) is 21.0. The third kappa shape index (κ3) is 3.02. The maximum absolute atomic E-state index is 6.15. The van der Waals surface area contributed by atoms with Gasteiger partial charge in [-0.3, -0.25) is 4.98 Å². The van der Waals surface area contributed by atoms with Crippen molar-refractivity contribution in [2.75, 3.05) is 5.73 Å². The molecule has 4 aromatic rings. The van der Waals surface area contributed by atoms with Crippen LogP contribution in [0.15, 0.2) is 35.2 Å². The van der Waals surface area contributed by atoms with Gasteiger partial charge in [0.15, 0.2) is 11.5 Å². The van der Waals surface area contributed by atoms with Crippen LogP contribution in [0.1, 0.15) is 61.2 Å². The molecule has 154 valence electrons. The second-order valence-electron chi connectivity index (χ2n) is 8.54. The smallest absolute Gasteiger partial charge is 0.245 e. The minimum atomic E-state index is -0.385. The molecule has 1 fully saturated rings. The number of hydrogen-bond donors (Lipinski definition) is 2. The Morgan fingerprint density at radius 2 is 1.93 bits per heavy atom. The molecule has 1 saturated carbocycles. The molecule has 5 rings (SSSR count). The zero-order valence-corrected chi connectivity index (χ0v) is 17.2. The van der Waals surface area contributed by atoms with Crippen LogP contribution in [0.4, 0.5) is 5.95 Å². The van der Waals surface area contributed by atoms with Crippen molar-refractivity contribution in [2.24, 2.45) is 5.73 Å². The number of nitrogen functional groups attached to an aromatic ring is 1. The fourth-order valence-corrected chi connectivity index (χ4v) is 3.90. The molecule has 4 heterocycles. The number of aromatic nitrogens is 6. The van der Waals surface area contributed by atoms with Crippen LogP contribution in [0.25, 0.3) is 17.2 Å². The quantitative estimate of drug-likeness (QED) is 0.530. The van der Waals surface area contributed by atoms with Gasteiger partial charge in [0.05, 0.1) is 6.20 Å². The number of nitrogens with two attached hydrogens (primary N) is 2. The molecule has 0 spiro atoms. The Morgan fingerprint density at radius 3 is 2.57 bits per heavy atom. The normalized spacial score (nSPS) is 19.2. The predicted molar refractivity (Wildman–Crippen MR) is 112 cm³/mol. The summed E-state index contributed by atoms with van der Waals surface area (Å²) in [5.74, 6) is 2.14. The Bertz CT molecular complexity index is 1200. The number of nitrogens with zero attached hydrogens (tertiary/aromatic N) is 6. The van der Waals surface area contributed by atoms with Crippen LogP contribution in [0.5, 0.6) is 0 Å². The molecule has 30 heavy (non-hydrogen) atoms. The van der Waals surface area contributed by atoms with Crippen molar-refractivity contribution >= 4 is 11.6 Å². The van der Waals surface area contributed by atoms with E-state index in [0.717, 1.165) is 35.5 Å². The molecule has 9 heteroatoms. The fourth-order valence-electron chi connectivity index (χ4n) is 3.90. The lowest BCUT2D eigenvalue weighted by Gasteiger charge is -2.33. The van der Waals surface area contributed by atoms with Gasteiger partial charge in [-0.25, -0.2) is 15.0 Å². The molecule has 1 aliphatic rings. The molecule has 0 atom stereocenters. The topological polar surface area (TPSA) is 134 Å². The highest BCUT2D eigenvalue weighted by Crippen LogP contribution is 2.46. The fraction of sp³-hybridized carbons (Fsp3) is 0.381. The monoisotopic (exact) mass is 404 g/mol. The second-order valence-corrected chi connectivity index (χ2v) is 8.54. The third-order valence-corrected chi connectivity index (χ3v) is 5.84. The summed E-state index contributed by atoms with van der Waals surface area (Å²) in [6.07, 6.45) is 6.87. The van der Waals surface area contributed by atoms with E-state index in [1.165, 1.54) is 6.26 Å². The van der Waals surface area contributed by atoms with Gasteiger partial charge in [-0.1, -0.05) is 6.07 Å². The molecule has 4 aromatic heterocycles. The van der Waals surface area contributed by atoms with E-state index in [0.29, 0.717) is 23.1 Å². The molecule has 0 unspecified atom stereocenters. The maximum atomic E-state index is 6.15. The van der Waals surface area contributed by atoms with E-state index in [9.17, 15) is 0 Å². The summed E-state index contributed by atoms with van der Waals surface area (Å²) in [7, 11) is 0. The predicted octanol–water partition coefficient (Wildman–Crippen LogP) is 2.92. The van der Waals surface area contributed by atoms with Crippen LogP contribution >= 0.6 is 0 Å². The molecule has 4 N–H and O–H groups in total. The Kier molecular flexibility index (Phi) is 4.11. The summed E-state index contributed by atoms with van der Waals surface area (Å²) in [5, 5.41) is 4.62. The van der Waals surface area contributed by atoms with Crippen molar-refractivity contribution in [2.45, 2.75) is 51.0 Å². The van der Waals surface area contributed by atoms with E-state index >= 15 is 0 Å². The third-order valence-electron chi connectivity index (χ3n) is 5.84. The van der Waals surface area contributed by atoms with Gasteiger partial charge in [0.2, 0.25) is 11.8 Å². The van der Waals surface area contributed by atoms with E-state index in [-0.39, 0.29) is 17.4 Å². The molecule has 0 saturated heterocycles. The Morgan fingerprint density at radius 1 is 1.13 bits per heavy atom. The molecule has 9 nitrogen and oxygen atoms in total. The van der Waals surface area contributed by atoms with Crippen LogP contribution in [0.3, 0.4) is 0 Å². The van der Waals surface area contributed by atoms with Crippen molar-refractivity contribution < 1.29 is 4.42 Å². The van der Waals surface area contributed by atoms with E-state index in [1.54, 1.807) is 10.7 Å². The Labute approximate surface area is 173 Å². The molecule has 0 aromatic carbocycles. The number of anilines is 1. The van der Waals surface area contributed by atoms with Crippen LogP contribution in [0, 0.1) is 6.92 Å². The SMILES string of the molecule is Cc1c(-c2ncco2)nc(N)n2nc([C@H]3C[C@@H](c4ccc(C(C)(C)N)cn4)C3)nc12. The van der Waals surface area contributed by atoms with Crippen LogP contribution in [0.2, 0.25) is 0 Å². The first-order chi connectivity index (χ1) is 14.3. The standard InChI is InChI=1S/C21H24N8O/c1-11-16(19-24-6-7-30-19)26-20(22)29-18(11)27-17(28-29)13-8-12(9-13)15-5-4-14(10-25-15)21(2,3)23/h4-7,10,12-13H,8-9,23H2,1-3H3,(H2,22,26)/t12-,13+. The molecule has 0 aliphatic heterocycles. The van der Waals surface area contributed by atoms with Crippen molar-refractivity contribution in [3.8, 4) is 11.6 Å². The van der Waals surface area contributed by atoms with Crippen LogP contribution in [-0.2, 0) is 5.54 Å². The lowest BCUT2D eigenvalue weighted by Crippen LogP contribution is -2.29. The second kappa shape index (κ2) is 6.60. The van der Waals surface area contributed by atoms with Gasteiger partial charge in [-0.2, -0.15) is 4.52 Å². The van der Waals surface area contributed by atoms with Gasteiger partial charge in [0.25, 0.3) is 0 Å². The number of aryl methyl sites for hydroxylation is 1. The van der Waals surface area contributed by atoms with Crippen molar-refractivity contribution in [1.29, 1.82) is 0 Å². The Hall–Kier alpha value is -3.33. The number of pyridine rings is 1. The zero-order valence-electron chi connectivity index (χ0n) is 17.2. The Balaban J connectivity index is 1.38. The maximum Gasteiger partial charge on any atom is 0.245 e. The first-order valence-corrected chi connectivity index (χ1v) is 9.99. The summed E-state index contributed by atoms with van der Waals surface area (Å²) >= 11 is 0. The van der Waals surface area contributed by atoms with E-state index in [1.807, 2.05) is 27.0 Å². The van der Waals surface area contributed by atoms with Gasteiger partial charge in [0, 0.05) is 34.8 Å². The first-order valence-electron chi connectivity index (χ1n) is 9.99. The minimum Gasteiger partial charge on any atom is -0.443 e.